The summed E-state index contributed by atoms with van der Waals surface area (Å²) in [4.78, 5) is 4.30. The van der Waals surface area contributed by atoms with Gasteiger partial charge >= 0.3 is 0 Å². The van der Waals surface area contributed by atoms with Gasteiger partial charge in [0.05, 0.1) is 12.8 Å². The van der Waals surface area contributed by atoms with Crippen LogP contribution in [0.4, 0.5) is 0 Å². The predicted octanol–water partition coefficient (Wildman–Crippen LogP) is 0.570. The van der Waals surface area contributed by atoms with Gasteiger partial charge < -0.3 is 9.88 Å². The van der Waals surface area contributed by atoms with Crippen LogP contribution < -0.4 is 5.32 Å². The van der Waals surface area contributed by atoms with Crippen LogP contribution >= 0.6 is 0 Å². The molecule has 1 aromatic heterocycles. The summed E-state index contributed by atoms with van der Waals surface area (Å²) in [6, 6.07) is 0.356. The van der Waals surface area contributed by atoms with Crippen molar-refractivity contribution in [3.8, 4) is 0 Å². The molecule has 1 aliphatic heterocycles. The number of piperidine rings is 1. The van der Waals surface area contributed by atoms with E-state index >= 15 is 0 Å². The maximum Gasteiger partial charge on any atom is 0.211 e. The molecule has 1 N–H and O–H groups in total. The zero-order valence-corrected chi connectivity index (χ0v) is 13.2. The molecule has 0 unspecified atom stereocenters. The largest absolute Gasteiger partial charge is 0.337 e. The Balaban J connectivity index is 1.94. The molecule has 7 heteroatoms. The van der Waals surface area contributed by atoms with Crippen molar-refractivity contribution in [2.45, 2.75) is 32.4 Å². The summed E-state index contributed by atoms with van der Waals surface area (Å²) >= 11 is 0. The molecule has 0 amide bonds. The highest BCUT2D eigenvalue weighted by Gasteiger charge is 2.31. The number of rotatable bonds is 5. The van der Waals surface area contributed by atoms with E-state index in [2.05, 4.69) is 17.2 Å². The zero-order chi connectivity index (χ0) is 14.8. The van der Waals surface area contributed by atoms with E-state index in [1.54, 1.807) is 10.5 Å². The van der Waals surface area contributed by atoms with Crippen LogP contribution in [0.2, 0.25) is 0 Å². The molecule has 0 aliphatic carbocycles. The van der Waals surface area contributed by atoms with Crippen LogP contribution in [0.1, 0.15) is 25.6 Å². The second-order valence-electron chi connectivity index (χ2n) is 5.52. The molecule has 6 nitrogen and oxygen atoms in total. The molecule has 0 bridgehead atoms. The molecule has 1 fully saturated rings. The average Bonchev–Trinajstić information content (AvgIpc) is 2.80. The van der Waals surface area contributed by atoms with Crippen LogP contribution in [-0.2, 0) is 23.6 Å². The van der Waals surface area contributed by atoms with Crippen molar-refractivity contribution in [3.63, 3.8) is 0 Å². The van der Waals surface area contributed by atoms with E-state index in [1.165, 1.54) is 6.26 Å². The monoisotopic (exact) mass is 300 g/mol. The number of imidazole rings is 1. The lowest BCUT2D eigenvalue weighted by molar-refractivity contribution is 0.200. The molecule has 0 aromatic carbocycles. The van der Waals surface area contributed by atoms with Gasteiger partial charge in [0.25, 0.3) is 0 Å². The maximum absolute atomic E-state index is 11.6. The first kappa shape index (κ1) is 15.5. The second-order valence-corrected chi connectivity index (χ2v) is 7.50. The van der Waals surface area contributed by atoms with E-state index < -0.39 is 10.0 Å². The summed E-state index contributed by atoms with van der Waals surface area (Å²) in [7, 11) is -1.09. The van der Waals surface area contributed by atoms with Gasteiger partial charge in [-0.3, -0.25) is 0 Å². The van der Waals surface area contributed by atoms with Crippen LogP contribution in [0.3, 0.4) is 0 Å². The quantitative estimate of drug-likeness (QED) is 0.863. The molecule has 20 heavy (non-hydrogen) atoms. The molecular weight excluding hydrogens is 276 g/mol. The topological polar surface area (TPSA) is 67.2 Å². The van der Waals surface area contributed by atoms with E-state index in [4.69, 9.17) is 0 Å². The maximum atomic E-state index is 11.6. The summed E-state index contributed by atoms with van der Waals surface area (Å²) in [6.45, 7) is 4.07. The molecule has 1 aromatic rings. The highest BCUT2D eigenvalue weighted by atomic mass is 32.2. The Morgan fingerprint density at radius 1 is 1.50 bits per heavy atom. The fourth-order valence-corrected chi connectivity index (χ4v) is 3.67. The molecule has 1 saturated heterocycles. The smallest absolute Gasteiger partial charge is 0.211 e. The summed E-state index contributed by atoms with van der Waals surface area (Å²) in [5, 5.41) is 3.53. The lowest BCUT2D eigenvalue weighted by Crippen LogP contribution is -2.50. The molecule has 114 valence electrons. The van der Waals surface area contributed by atoms with Gasteiger partial charge in [0.15, 0.2) is 0 Å². The third-order valence-electron chi connectivity index (χ3n) is 4.13. The molecule has 0 saturated carbocycles. The Bertz CT molecular complexity index is 540. The van der Waals surface area contributed by atoms with Gasteiger partial charge in [-0.15, -0.1) is 0 Å². The molecule has 0 radical (unpaired) electrons. The van der Waals surface area contributed by atoms with Crippen molar-refractivity contribution < 1.29 is 8.42 Å². The minimum Gasteiger partial charge on any atom is -0.337 e. The standard InChI is InChI=1S/C13H24N4O2S/c1-4-11-10-17(20(3,18)19)7-5-12(11)15-9-13-14-6-8-16(13)2/h6,8,11-12,15H,4-5,7,9-10H2,1-3H3/t11-,12-/m1/s1. The van der Waals surface area contributed by atoms with Gasteiger partial charge in [-0.05, 0) is 12.3 Å². The van der Waals surface area contributed by atoms with Crippen molar-refractivity contribution in [1.82, 2.24) is 19.2 Å². The van der Waals surface area contributed by atoms with E-state index in [0.29, 0.717) is 25.0 Å². The molecule has 0 spiro atoms. The van der Waals surface area contributed by atoms with Crippen molar-refractivity contribution in [2.24, 2.45) is 13.0 Å². The summed E-state index contributed by atoms with van der Waals surface area (Å²) in [6.07, 6.45) is 6.85. The van der Waals surface area contributed by atoms with Gasteiger partial charge in [-0.25, -0.2) is 17.7 Å². The first-order chi connectivity index (χ1) is 9.41. The number of sulfonamides is 1. The SMILES string of the molecule is CC[C@@H]1CN(S(C)(=O)=O)CC[C@H]1NCc1nccn1C. The zero-order valence-electron chi connectivity index (χ0n) is 12.4. The van der Waals surface area contributed by atoms with E-state index in [-0.39, 0.29) is 0 Å². The highest BCUT2D eigenvalue weighted by molar-refractivity contribution is 7.88. The summed E-state index contributed by atoms with van der Waals surface area (Å²) in [5.74, 6) is 1.36. The van der Waals surface area contributed by atoms with Crippen LogP contribution in [0, 0.1) is 5.92 Å². The van der Waals surface area contributed by atoms with Crippen molar-refractivity contribution in [3.05, 3.63) is 18.2 Å². The van der Waals surface area contributed by atoms with Crippen molar-refractivity contribution >= 4 is 10.0 Å². The Kier molecular flexibility index (Phi) is 4.82. The minimum absolute atomic E-state index is 0.356. The van der Waals surface area contributed by atoms with Crippen LogP contribution in [0.15, 0.2) is 12.4 Å². The third-order valence-corrected chi connectivity index (χ3v) is 5.40. The first-order valence-electron chi connectivity index (χ1n) is 7.06. The molecule has 2 atom stereocenters. The number of nitrogens with one attached hydrogen (secondary N) is 1. The summed E-state index contributed by atoms with van der Waals surface area (Å²) < 4.78 is 26.9. The number of aryl methyl sites for hydroxylation is 1. The fraction of sp³-hybridized carbons (Fsp3) is 0.769. The lowest BCUT2D eigenvalue weighted by atomic mass is 9.91. The van der Waals surface area contributed by atoms with E-state index in [0.717, 1.165) is 25.2 Å². The summed E-state index contributed by atoms with van der Waals surface area (Å²) in [5.41, 5.74) is 0. The van der Waals surface area contributed by atoms with E-state index in [9.17, 15) is 8.42 Å². The first-order valence-corrected chi connectivity index (χ1v) is 8.91. The average molecular weight is 300 g/mol. The van der Waals surface area contributed by atoms with Gasteiger partial charge in [0, 0.05) is 38.6 Å². The van der Waals surface area contributed by atoms with Crippen LogP contribution in [-0.4, -0.2) is 47.7 Å². The Labute approximate surface area is 121 Å². The molecule has 1 aliphatic rings. The normalized spacial score (nSPS) is 24.9. The fourth-order valence-electron chi connectivity index (χ4n) is 2.77. The van der Waals surface area contributed by atoms with Crippen LogP contribution in [0.5, 0.6) is 0 Å². The van der Waals surface area contributed by atoms with Crippen LogP contribution in [0.25, 0.3) is 0 Å². The van der Waals surface area contributed by atoms with Crippen molar-refractivity contribution in [1.29, 1.82) is 0 Å². The Morgan fingerprint density at radius 3 is 2.80 bits per heavy atom. The number of aromatic nitrogens is 2. The second kappa shape index (κ2) is 6.24. The lowest BCUT2D eigenvalue weighted by Gasteiger charge is -2.37. The molecule has 2 rings (SSSR count). The van der Waals surface area contributed by atoms with Gasteiger partial charge in [0.1, 0.15) is 5.82 Å². The Hall–Kier alpha value is -0.920. The van der Waals surface area contributed by atoms with E-state index in [1.807, 2.05) is 17.8 Å². The molecule has 2 heterocycles. The third kappa shape index (κ3) is 3.59. The van der Waals surface area contributed by atoms with Gasteiger partial charge in [-0.2, -0.15) is 0 Å². The number of nitrogens with zero attached hydrogens (tertiary/aromatic N) is 3. The van der Waals surface area contributed by atoms with Gasteiger partial charge in [-0.1, -0.05) is 13.3 Å². The predicted molar refractivity (Wildman–Crippen MR) is 78.7 cm³/mol. The minimum atomic E-state index is -3.07. The Morgan fingerprint density at radius 2 is 2.25 bits per heavy atom. The highest BCUT2D eigenvalue weighted by Crippen LogP contribution is 2.22. The number of hydrogen-bond donors (Lipinski definition) is 1. The molecular formula is C13H24N4O2S. The number of hydrogen-bond acceptors (Lipinski definition) is 4. The van der Waals surface area contributed by atoms with Crippen molar-refractivity contribution in [2.75, 3.05) is 19.3 Å². The van der Waals surface area contributed by atoms with Gasteiger partial charge in [0.2, 0.25) is 10.0 Å².